The summed E-state index contributed by atoms with van der Waals surface area (Å²) in [5.41, 5.74) is 0.806. The van der Waals surface area contributed by atoms with Crippen LogP contribution in [0.15, 0.2) is 30.4 Å². The Morgan fingerprint density at radius 2 is 1.51 bits per heavy atom. The van der Waals surface area contributed by atoms with Crippen molar-refractivity contribution in [3.05, 3.63) is 35.9 Å². The van der Waals surface area contributed by atoms with Gasteiger partial charge in [-0.1, -0.05) is 76.5 Å². The van der Waals surface area contributed by atoms with Crippen molar-refractivity contribution in [3.8, 4) is 11.5 Å². The third-order valence-corrected chi connectivity index (χ3v) is 7.47. The van der Waals surface area contributed by atoms with Crippen molar-refractivity contribution < 1.29 is 39.4 Å². The van der Waals surface area contributed by atoms with Gasteiger partial charge in [-0.3, -0.25) is 4.79 Å². The lowest BCUT2D eigenvalue weighted by molar-refractivity contribution is -0.277. The number of hydrogen-bond acceptors (Lipinski definition) is 8. The molecule has 0 radical (unpaired) electrons. The number of benzene rings is 1. The van der Waals surface area contributed by atoms with E-state index >= 15 is 0 Å². The largest absolute Gasteiger partial charge is 0.493 e. The lowest BCUT2D eigenvalue weighted by atomic mass is 9.99. The summed E-state index contributed by atoms with van der Waals surface area (Å²) in [5, 5.41) is 42.4. The molecule has 0 bridgehead atoms. The van der Waals surface area contributed by atoms with Gasteiger partial charge in [-0.25, -0.2) is 0 Å². The molecule has 5 atom stereocenters. The van der Waals surface area contributed by atoms with Crippen molar-refractivity contribution in [2.24, 2.45) is 0 Å². The van der Waals surface area contributed by atoms with Crippen molar-refractivity contribution >= 4 is 5.91 Å². The molecule has 234 valence electrons. The van der Waals surface area contributed by atoms with Gasteiger partial charge in [0, 0.05) is 13.0 Å². The molecule has 0 aliphatic carbocycles. The van der Waals surface area contributed by atoms with Gasteiger partial charge < -0.3 is 40.0 Å². The molecule has 0 aromatic heterocycles. The molecular weight excluding hydrogens is 526 g/mol. The van der Waals surface area contributed by atoms with Gasteiger partial charge in [0.2, 0.25) is 12.2 Å². The number of aliphatic hydroxyl groups excluding tert-OH is 4. The number of carbonyl (C=O) groups is 1. The monoisotopic (exact) mass is 579 g/mol. The number of aliphatic hydroxyl groups is 4. The highest BCUT2D eigenvalue weighted by Crippen LogP contribution is 2.32. The van der Waals surface area contributed by atoms with Crippen LogP contribution in [0.3, 0.4) is 0 Å². The van der Waals surface area contributed by atoms with Gasteiger partial charge in [0.1, 0.15) is 24.4 Å². The maximum absolute atomic E-state index is 12.3. The topological polar surface area (TPSA) is 138 Å². The number of hydrogen-bond donors (Lipinski definition) is 5. The Morgan fingerprint density at radius 3 is 2.15 bits per heavy atom. The number of rotatable bonds is 21. The van der Waals surface area contributed by atoms with Crippen LogP contribution in [0.25, 0.3) is 0 Å². The van der Waals surface area contributed by atoms with E-state index in [-0.39, 0.29) is 11.7 Å². The van der Waals surface area contributed by atoms with Crippen molar-refractivity contribution in [1.82, 2.24) is 5.32 Å². The van der Waals surface area contributed by atoms with Crippen LogP contribution in [-0.4, -0.2) is 70.8 Å². The lowest BCUT2D eigenvalue weighted by Gasteiger charge is -2.39. The molecule has 1 aromatic carbocycles. The fourth-order valence-electron chi connectivity index (χ4n) is 4.85. The SMILES string of the molecule is CCCCCCCC/C=C\CCCCCCCC(=O)NCc1ccc(O[C@@H]2O[C@H](CO)[C@@H](O)[C@H](O)[C@H]2O)c(OC)c1. The Balaban J connectivity index is 1.60. The molecule has 9 nitrogen and oxygen atoms in total. The molecule has 1 fully saturated rings. The quantitative estimate of drug-likeness (QED) is 0.106. The average molecular weight is 580 g/mol. The van der Waals surface area contributed by atoms with Crippen LogP contribution in [0.2, 0.25) is 0 Å². The number of allylic oxidation sites excluding steroid dienone is 2. The summed E-state index contributed by atoms with van der Waals surface area (Å²) in [4.78, 5) is 12.3. The summed E-state index contributed by atoms with van der Waals surface area (Å²) in [6.45, 7) is 2.04. The first-order valence-electron chi connectivity index (χ1n) is 15.5. The number of amides is 1. The van der Waals surface area contributed by atoms with E-state index in [2.05, 4.69) is 24.4 Å². The molecule has 0 spiro atoms. The van der Waals surface area contributed by atoms with Crippen LogP contribution in [0.5, 0.6) is 11.5 Å². The van der Waals surface area contributed by atoms with Crippen LogP contribution >= 0.6 is 0 Å². The van der Waals surface area contributed by atoms with E-state index in [1.165, 1.54) is 64.9 Å². The summed E-state index contributed by atoms with van der Waals surface area (Å²) in [6.07, 6.45) is 14.1. The van der Waals surface area contributed by atoms with E-state index in [0.29, 0.717) is 18.7 Å². The van der Waals surface area contributed by atoms with Crippen LogP contribution in [-0.2, 0) is 16.1 Å². The second kappa shape index (κ2) is 20.7. The highest BCUT2D eigenvalue weighted by atomic mass is 16.7. The Labute approximate surface area is 245 Å². The molecule has 1 aliphatic heterocycles. The minimum Gasteiger partial charge on any atom is -0.493 e. The summed E-state index contributed by atoms with van der Waals surface area (Å²) < 4.78 is 16.5. The van der Waals surface area contributed by atoms with Gasteiger partial charge in [-0.15, -0.1) is 0 Å². The van der Waals surface area contributed by atoms with Crippen LogP contribution in [0.1, 0.15) is 102 Å². The first-order chi connectivity index (χ1) is 19.9. The minimum absolute atomic E-state index is 0.00300. The zero-order valence-electron chi connectivity index (χ0n) is 25.0. The van der Waals surface area contributed by atoms with Crippen LogP contribution in [0, 0.1) is 0 Å². The van der Waals surface area contributed by atoms with Crippen LogP contribution in [0.4, 0.5) is 0 Å². The second-order valence-electron chi connectivity index (χ2n) is 10.9. The van der Waals surface area contributed by atoms with Gasteiger partial charge in [0.25, 0.3) is 0 Å². The maximum Gasteiger partial charge on any atom is 0.229 e. The molecule has 9 heteroatoms. The van der Waals surface area contributed by atoms with Gasteiger partial charge in [-0.05, 0) is 49.8 Å². The normalized spacial score (nSPS) is 22.6. The van der Waals surface area contributed by atoms with Gasteiger partial charge in [0.15, 0.2) is 11.5 Å². The molecular formula is C32H53NO8. The predicted molar refractivity (Wildman–Crippen MR) is 159 cm³/mol. The molecule has 1 heterocycles. The molecule has 1 aliphatic rings. The zero-order valence-corrected chi connectivity index (χ0v) is 25.0. The lowest BCUT2D eigenvalue weighted by Crippen LogP contribution is -2.60. The van der Waals surface area contributed by atoms with Gasteiger partial charge >= 0.3 is 0 Å². The number of unbranched alkanes of at least 4 members (excludes halogenated alkanes) is 11. The van der Waals surface area contributed by atoms with Crippen molar-refractivity contribution in [2.45, 2.75) is 134 Å². The van der Waals surface area contributed by atoms with E-state index in [0.717, 1.165) is 31.2 Å². The number of nitrogens with one attached hydrogen (secondary N) is 1. The smallest absolute Gasteiger partial charge is 0.229 e. The average Bonchev–Trinajstić information content (AvgIpc) is 2.98. The fraction of sp³-hybridized carbons (Fsp3) is 0.719. The molecule has 41 heavy (non-hydrogen) atoms. The summed E-state index contributed by atoms with van der Waals surface area (Å²) >= 11 is 0. The van der Waals surface area contributed by atoms with E-state index < -0.39 is 37.3 Å². The number of ether oxygens (including phenoxy) is 3. The molecule has 1 aromatic rings. The molecule has 1 saturated heterocycles. The number of carbonyl (C=O) groups excluding carboxylic acids is 1. The van der Waals surface area contributed by atoms with Crippen molar-refractivity contribution in [1.29, 1.82) is 0 Å². The van der Waals surface area contributed by atoms with E-state index in [9.17, 15) is 25.2 Å². The molecule has 1 amide bonds. The first-order valence-corrected chi connectivity index (χ1v) is 15.5. The van der Waals surface area contributed by atoms with Crippen LogP contribution < -0.4 is 14.8 Å². The predicted octanol–water partition coefficient (Wildman–Crippen LogP) is 4.53. The standard InChI is InChI=1S/C32H53NO8/c1-3-4-5-6-7-8-9-10-11-12-13-14-15-16-17-18-28(35)33-22-24-19-20-25(26(21-24)39-2)40-32-31(38)30(37)29(36)27(23-34)41-32/h10-11,19-21,27,29-32,34,36-38H,3-9,12-18,22-23H2,1-2H3,(H,33,35)/b11-10-/t27-,29-,30+,31-,32-/m1/s1. The number of methoxy groups -OCH3 is 1. The van der Waals surface area contributed by atoms with Gasteiger partial charge in [-0.2, -0.15) is 0 Å². The minimum atomic E-state index is -1.53. The molecule has 0 unspecified atom stereocenters. The molecule has 0 saturated carbocycles. The van der Waals surface area contributed by atoms with Crippen molar-refractivity contribution in [2.75, 3.05) is 13.7 Å². The third-order valence-electron chi connectivity index (χ3n) is 7.47. The third kappa shape index (κ3) is 13.1. The van der Waals surface area contributed by atoms with E-state index in [1.807, 2.05) is 0 Å². The zero-order chi connectivity index (χ0) is 29.9. The van der Waals surface area contributed by atoms with E-state index in [4.69, 9.17) is 14.2 Å². The molecule has 2 rings (SSSR count). The summed E-state index contributed by atoms with van der Waals surface area (Å²) in [7, 11) is 1.46. The van der Waals surface area contributed by atoms with Gasteiger partial charge in [0.05, 0.1) is 13.7 Å². The Bertz CT molecular complexity index is 877. The fourth-order valence-corrected chi connectivity index (χ4v) is 4.85. The maximum atomic E-state index is 12.3. The second-order valence-corrected chi connectivity index (χ2v) is 10.9. The highest BCUT2D eigenvalue weighted by Gasteiger charge is 2.44. The summed E-state index contributed by atoms with van der Waals surface area (Å²) in [6, 6.07) is 5.08. The van der Waals surface area contributed by atoms with Crippen molar-refractivity contribution in [3.63, 3.8) is 0 Å². The Kier molecular flexibility index (Phi) is 17.7. The summed E-state index contributed by atoms with van der Waals surface area (Å²) in [5.74, 6) is 0.606. The highest BCUT2D eigenvalue weighted by molar-refractivity contribution is 5.75. The Morgan fingerprint density at radius 1 is 0.878 bits per heavy atom. The Hall–Kier alpha value is -2.17. The van der Waals surface area contributed by atoms with E-state index in [1.54, 1.807) is 18.2 Å². The molecule has 5 N–H and O–H groups in total. The first kappa shape index (κ1) is 35.0.